The second-order valence-electron chi connectivity index (χ2n) is 7.17. The smallest absolute Gasteiger partial charge is 0.387 e. The summed E-state index contributed by atoms with van der Waals surface area (Å²) in [4.78, 5) is 19.9. The Bertz CT molecular complexity index is 686. The van der Waals surface area contributed by atoms with Gasteiger partial charge in [0.25, 0.3) is 0 Å². The van der Waals surface area contributed by atoms with Crippen LogP contribution in [0.2, 0.25) is 0 Å². The Morgan fingerprint density at radius 3 is 2.70 bits per heavy atom. The van der Waals surface area contributed by atoms with Gasteiger partial charge >= 0.3 is 6.61 Å². The predicted octanol–water partition coefficient (Wildman–Crippen LogP) is 1.53. The van der Waals surface area contributed by atoms with Crippen LogP contribution >= 0.6 is 0 Å². The topological polar surface area (TPSA) is 78.4 Å². The first-order valence-electron chi connectivity index (χ1n) is 9.92. The fourth-order valence-corrected chi connectivity index (χ4v) is 3.07. The highest BCUT2D eigenvalue weighted by atomic mass is 19.3. The average molecular weight is 427 g/mol. The number of hydrogen-bond acceptors (Lipinski definition) is 5. The number of guanidine groups is 1. The van der Waals surface area contributed by atoms with E-state index in [2.05, 4.69) is 25.3 Å². The summed E-state index contributed by atoms with van der Waals surface area (Å²) >= 11 is 0. The molecule has 1 amide bonds. The number of rotatable bonds is 9. The molecule has 1 saturated heterocycles. The highest BCUT2D eigenvalue weighted by Crippen LogP contribution is 2.23. The van der Waals surface area contributed by atoms with Gasteiger partial charge in [-0.25, -0.2) is 4.99 Å². The Balaban J connectivity index is 1.98. The van der Waals surface area contributed by atoms with E-state index in [1.54, 1.807) is 45.5 Å². The number of amides is 1. The number of methoxy groups -OCH3 is 1. The molecule has 0 bridgehead atoms. The van der Waals surface area contributed by atoms with Crippen LogP contribution in [-0.4, -0.2) is 83.4 Å². The molecule has 10 heteroatoms. The molecule has 30 heavy (non-hydrogen) atoms. The molecule has 1 aromatic rings. The number of benzene rings is 1. The van der Waals surface area contributed by atoms with Crippen molar-refractivity contribution in [2.75, 3.05) is 58.9 Å². The highest BCUT2D eigenvalue weighted by Gasteiger charge is 2.21. The number of alkyl halides is 2. The average Bonchev–Trinajstić information content (AvgIpc) is 2.72. The zero-order valence-electron chi connectivity index (χ0n) is 17.7. The molecule has 2 N–H and O–H groups in total. The molecule has 1 aromatic carbocycles. The first-order valence-corrected chi connectivity index (χ1v) is 9.92. The zero-order chi connectivity index (χ0) is 21.9. The lowest BCUT2D eigenvalue weighted by molar-refractivity contribution is -0.127. The van der Waals surface area contributed by atoms with Crippen molar-refractivity contribution in [3.05, 3.63) is 24.3 Å². The highest BCUT2D eigenvalue weighted by molar-refractivity contribution is 5.85. The van der Waals surface area contributed by atoms with Crippen molar-refractivity contribution in [3.63, 3.8) is 0 Å². The van der Waals surface area contributed by atoms with E-state index in [0.29, 0.717) is 19.1 Å². The third kappa shape index (κ3) is 8.02. The normalized spacial score (nSPS) is 17.1. The number of nitrogens with one attached hydrogen (secondary N) is 2. The third-order valence-corrected chi connectivity index (χ3v) is 4.66. The molecule has 0 saturated carbocycles. The van der Waals surface area contributed by atoms with Gasteiger partial charge in [-0.2, -0.15) is 8.78 Å². The number of anilines is 1. The van der Waals surface area contributed by atoms with E-state index in [-0.39, 0.29) is 24.2 Å². The lowest BCUT2D eigenvalue weighted by atomic mass is 10.0. The van der Waals surface area contributed by atoms with Gasteiger partial charge in [0.2, 0.25) is 5.91 Å². The van der Waals surface area contributed by atoms with E-state index in [0.717, 1.165) is 31.6 Å². The van der Waals surface area contributed by atoms with Gasteiger partial charge in [0.05, 0.1) is 6.61 Å². The summed E-state index contributed by atoms with van der Waals surface area (Å²) in [6, 6.07) is 6.78. The van der Waals surface area contributed by atoms with Crippen molar-refractivity contribution in [3.8, 4) is 5.75 Å². The lowest BCUT2D eigenvalue weighted by Gasteiger charge is -2.35. The standard InChI is InChI=1S/C20H31F2N5O3/c1-26(2)18(28)13-24-20(23-10-12-29-3)25-15-5-4-11-27(14-15)16-6-8-17(9-7-16)30-19(21)22/h6-9,15,19H,4-5,10-14H2,1-3H3,(H2,23,24,25). The molecule has 168 valence electrons. The van der Waals surface area contributed by atoms with Crippen LogP contribution in [-0.2, 0) is 9.53 Å². The summed E-state index contributed by atoms with van der Waals surface area (Å²) in [5, 5.41) is 6.57. The molecule has 1 aliphatic rings. The number of carbonyl (C=O) groups excluding carboxylic acids is 1. The van der Waals surface area contributed by atoms with Gasteiger partial charge in [0.15, 0.2) is 5.96 Å². The van der Waals surface area contributed by atoms with Crippen LogP contribution in [0.1, 0.15) is 12.8 Å². The Morgan fingerprint density at radius 1 is 1.33 bits per heavy atom. The maximum absolute atomic E-state index is 12.3. The second kappa shape index (κ2) is 12.2. The SMILES string of the molecule is COCCNC(=NCC(=O)N(C)C)NC1CCCN(c2ccc(OC(F)F)cc2)C1. The van der Waals surface area contributed by atoms with Gasteiger partial charge in [0, 0.05) is 52.6 Å². The van der Waals surface area contributed by atoms with Gasteiger partial charge in [0.1, 0.15) is 12.3 Å². The van der Waals surface area contributed by atoms with E-state index in [1.807, 2.05) is 0 Å². The van der Waals surface area contributed by atoms with Crippen LogP contribution in [0.3, 0.4) is 0 Å². The minimum Gasteiger partial charge on any atom is -0.435 e. The second-order valence-corrected chi connectivity index (χ2v) is 7.17. The number of piperidine rings is 1. The Morgan fingerprint density at radius 2 is 2.07 bits per heavy atom. The van der Waals surface area contributed by atoms with Crippen molar-refractivity contribution in [2.24, 2.45) is 4.99 Å². The summed E-state index contributed by atoms with van der Waals surface area (Å²) in [6.45, 7) is -0.0937. The molecule has 0 aliphatic carbocycles. The van der Waals surface area contributed by atoms with E-state index >= 15 is 0 Å². The Hall–Kier alpha value is -2.62. The maximum Gasteiger partial charge on any atom is 0.387 e. The molecule has 1 heterocycles. The van der Waals surface area contributed by atoms with Crippen LogP contribution in [0.5, 0.6) is 5.75 Å². The largest absolute Gasteiger partial charge is 0.435 e. The predicted molar refractivity (Wildman–Crippen MR) is 112 cm³/mol. The third-order valence-electron chi connectivity index (χ3n) is 4.66. The van der Waals surface area contributed by atoms with Gasteiger partial charge in [-0.3, -0.25) is 4.79 Å². The van der Waals surface area contributed by atoms with Crippen molar-refractivity contribution >= 4 is 17.6 Å². The van der Waals surface area contributed by atoms with Crippen molar-refractivity contribution in [1.29, 1.82) is 0 Å². The minimum atomic E-state index is -2.83. The molecule has 1 atom stereocenters. The number of carbonyl (C=O) groups is 1. The molecule has 1 fully saturated rings. The monoisotopic (exact) mass is 427 g/mol. The van der Waals surface area contributed by atoms with Crippen molar-refractivity contribution in [2.45, 2.75) is 25.5 Å². The van der Waals surface area contributed by atoms with Crippen LogP contribution in [0.25, 0.3) is 0 Å². The first kappa shape index (κ1) is 23.7. The Labute approximate surface area is 176 Å². The minimum absolute atomic E-state index is 0.0529. The van der Waals surface area contributed by atoms with E-state index in [9.17, 15) is 13.6 Å². The van der Waals surface area contributed by atoms with E-state index in [1.165, 1.54) is 4.90 Å². The molecule has 0 radical (unpaired) electrons. The number of halogens is 2. The molecular formula is C20H31F2N5O3. The molecule has 8 nitrogen and oxygen atoms in total. The molecular weight excluding hydrogens is 396 g/mol. The number of likely N-dealkylation sites (N-methyl/N-ethyl adjacent to an activating group) is 1. The molecule has 1 unspecified atom stereocenters. The Kier molecular flexibility index (Phi) is 9.59. The summed E-state index contributed by atoms with van der Waals surface area (Å²) < 4.78 is 34.1. The van der Waals surface area contributed by atoms with Crippen molar-refractivity contribution < 1.29 is 23.0 Å². The van der Waals surface area contributed by atoms with Gasteiger partial charge in [-0.15, -0.1) is 0 Å². The van der Waals surface area contributed by atoms with Crippen molar-refractivity contribution in [1.82, 2.24) is 15.5 Å². The van der Waals surface area contributed by atoms with Crippen LogP contribution in [0.15, 0.2) is 29.3 Å². The number of nitrogens with zero attached hydrogens (tertiary/aromatic N) is 3. The zero-order valence-corrected chi connectivity index (χ0v) is 17.7. The molecule has 2 rings (SSSR count). The van der Waals surface area contributed by atoms with Gasteiger partial charge in [-0.1, -0.05) is 0 Å². The molecule has 0 aromatic heterocycles. The molecule has 1 aliphatic heterocycles. The summed E-state index contributed by atoms with van der Waals surface area (Å²) in [7, 11) is 5.01. The number of ether oxygens (including phenoxy) is 2. The quantitative estimate of drug-likeness (QED) is 0.354. The van der Waals surface area contributed by atoms with Gasteiger partial charge in [-0.05, 0) is 37.1 Å². The van der Waals surface area contributed by atoms with Crippen LogP contribution in [0.4, 0.5) is 14.5 Å². The summed E-state index contributed by atoms with van der Waals surface area (Å²) in [5.74, 6) is 0.622. The number of hydrogen-bond donors (Lipinski definition) is 2. The lowest BCUT2D eigenvalue weighted by Crippen LogP contribution is -2.52. The van der Waals surface area contributed by atoms with Gasteiger partial charge < -0.3 is 29.9 Å². The number of aliphatic imine (C=N–C) groups is 1. The van der Waals surface area contributed by atoms with Crippen LogP contribution in [0, 0.1) is 0 Å². The van der Waals surface area contributed by atoms with E-state index in [4.69, 9.17) is 4.74 Å². The maximum atomic E-state index is 12.3. The fourth-order valence-electron chi connectivity index (χ4n) is 3.07. The molecule has 0 spiro atoms. The van der Waals surface area contributed by atoms with Crippen LogP contribution < -0.4 is 20.3 Å². The summed E-state index contributed by atoms with van der Waals surface area (Å²) in [6.07, 6.45) is 1.92. The van der Waals surface area contributed by atoms with E-state index < -0.39 is 6.61 Å². The fraction of sp³-hybridized carbons (Fsp3) is 0.600. The first-order chi connectivity index (χ1) is 14.4. The summed E-state index contributed by atoms with van der Waals surface area (Å²) in [5.41, 5.74) is 0.941.